The van der Waals surface area contributed by atoms with E-state index in [9.17, 15) is 9.00 Å². The molecule has 0 aliphatic rings. The molecular formula is C14H17N3O2S2. The first kappa shape index (κ1) is 15.7. The van der Waals surface area contributed by atoms with Gasteiger partial charge in [-0.1, -0.05) is 13.0 Å². The van der Waals surface area contributed by atoms with Crippen molar-refractivity contribution < 1.29 is 9.00 Å². The number of carbonyl (C=O) groups is 1. The third kappa shape index (κ3) is 4.64. The zero-order valence-corrected chi connectivity index (χ0v) is 13.5. The fourth-order valence-corrected chi connectivity index (χ4v) is 3.00. The van der Waals surface area contributed by atoms with Gasteiger partial charge in [-0.2, -0.15) is 0 Å². The van der Waals surface area contributed by atoms with Crippen LogP contribution in [0.25, 0.3) is 0 Å². The molecule has 112 valence electrons. The molecule has 0 bridgehead atoms. The van der Waals surface area contributed by atoms with Crippen LogP contribution in [0.15, 0.2) is 34.5 Å². The van der Waals surface area contributed by atoms with Crippen LogP contribution in [0.4, 0.5) is 10.5 Å². The molecule has 21 heavy (non-hydrogen) atoms. The minimum absolute atomic E-state index is 0.305. The van der Waals surface area contributed by atoms with Crippen molar-refractivity contribution in [2.24, 2.45) is 0 Å². The van der Waals surface area contributed by atoms with Crippen molar-refractivity contribution in [2.45, 2.75) is 24.8 Å². The van der Waals surface area contributed by atoms with Gasteiger partial charge in [-0.15, -0.1) is 11.3 Å². The molecule has 5 nitrogen and oxygen atoms in total. The van der Waals surface area contributed by atoms with E-state index in [4.69, 9.17) is 0 Å². The highest BCUT2D eigenvalue weighted by Crippen LogP contribution is 2.13. The Morgan fingerprint density at radius 3 is 2.90 bits per heavy atom. The Bertz CT molecular complexity index is 655. The molecule has 1 heterocycles. The number of thiazole rings is 1. The van der Waals surface area contributed by atoms with Crippen LogP contribution in [0.2, 0.25) is 0 Å². The molecule has 7 heteroatoms. The Balaban J connectivity index is 1.89. The molecule has 0 saturated carbocycles. The minimum atomic E-state index is -1.07. The fraction of sp³-hybridized carbons (Fsp3) is 0.286. The van der Waals surface area contributed by atoms with Gasteiger partial charge in [0.05, 0.1) is 17.2 Å². The first-order valence-corrected chi connectivity index (χ1v) is 8.94. The van der Waals surface area contributed by atoms with Crippen molar-refractivity contribution in [3.8, 4) is 0 Å². The third-order valence-electron chi connectivity index (χ3n) is 2.76. The van der Waals surface area contributed by atoms with Crippen molar-refractivity contribution >= 4 is 33.9 Å². The molecule has 1 atom stereocenters. The van der Waals surface area contributed by atoms with Crippen LogP contribution in [0, 0.1) is 0 Å². The molecule has 1 aromatic carbocycles. The number of hydrogen-bond acceptors (Lipinski definition) is 4. The van der Waals surface area contributed by atoms with Crippen molar-refractivity contribution in [3.63, 3.8) is 0 Å². The lowest BCUT2D eigenvalue weighted by atomic mass is 10.3. The van der Waals surface area contributed by atoms with Gasteiger partial charge in [-0.3, -0.25) is 4.21 Å². The van der Waals surface area contributed by atoms with Crippen molar-refractivity contribution in [1.29, 1.82) is 0 Å². The lowest BCUT2D eigenvalue weighted by Gasteiger charge is -2.07. The predicted octanol–water partition coefficient (Wildman–Crippen LogP) is 2.76. The zero-order chi connectivity index (χ0) is 15.2. The summed E-state index contributed by atoms with van der Waals surface area (Å²) in [5.74, 6) is 0. The number of carbonyl (C=O) groups excluding carboxylic acids is 1. The van der Waals surface area contributed by atoms with Gasteiger partial charge in [0.25, 0.3) is 0 Å². The zero-order valence-electron chi connectivity index (χ0n) is 11.9. The molecule has 2 aromatic rings. The Labute approximate surface area is 130 Å². The number of benzene rings is 1. The normalized spacial score (nSPS) is 11.9. The number of hydrogen-bond donors (Lipinski definition) is 2. The van der Waals surface area contributed by atoms with E-state index in [2.05, 4.69) is 15.6 Å². The van der Waals surface area contributed by atoms with Gasteiger partial charge in [0.2, 0.25) is 0 Å². The summed E-state index contributed by atoms with van der Waals surface area (Å²) in [5.41, 5.74) is 1.48. The molecular weight excluding hydrogens is 306 g/mol. The predicted molar refractivity (Wildman–Crippen MR) is 86.1 cm³/mol. The molecule has 1 unspecified atom stereocenters. The lowest BCUT2D eigenvalue weighted by molar-refractivity contribution is 0.251. The van der Waals surface area contributed by atoms with Gasteiger partial charge in [0.1, 0.15) is 0 Å². The van der Waals surface area contributed by atoms with E-state index in [1.807, 2.05) is 12.3 Å². The maximum absolute atomic E-state index is 11.8. The second kappa shape index (κ2) is 7.33. The summed E-state index contributed by atoms with van der Waals surface area (Å²) in [4.78, 5) is 16.9. The first-order chi connectivity index (χ1) is 10.1. The smallest absolute Gasteiger partial charge is 0.319 e. The largest absolute Gasteiger partial charge is 0.332 e. The van der Waals surface area contributed by atoms with Crippen LogP contribution >= 0.6 is 11.3 Å². The molecule has 1 aromatic heterocycles. The van der Waals surface area contributed by atoms with Gasteiger partial charge < -0.3 is 10.6 Å². The molecule has 2 N–H and O–H groups in total. The number of amides is 2. The molecule has 0 saturated heterocycles. The topological polar surface area (TPSA) is 71.1 Å². The monoisotopic (exact) mass is 323 g/mol. The van der Waals surface area contributed by atoms with Gasteiger partial charge in [-0.25, -0.2) is 9.78 Å². The summed E-state index contributed by atoms with van der Waals surface area (Å²) in [6.45, 7) is 2.44. The van der Waals surface area contributed by atoms with Gasteiger partial charge in [0, 0.05) is 33.0 Å². The quantitative estimate of drug-likeness (QED) is 0.889. The number of nitrogens with one attached hydrogen (secondary N) is 2. The SMILES string of the molecule is CCc1nc(CNC(=O)Nc2cccc(S(C)=O)c2)cs1. The maximum Gasteiger partial charge on any atom is 0.319 e. The second-order valence-electron chi connectivity index (χ2n) is 4.38. The molecule has 2 rings (SSSR count). The third-order valence-corrected chi connectivity index (χ3v) is 4.72. The van der Waals surface area contributed by atoms with Gasteiger partial charge >= 0.3 is 6.03 Å². The van der Waals surface area contributed by atoms with E-state index in [0.717, 1.165) is 17.1 Å². The van der Waals surface area contributed by atoms with Gasteiger partial charge in [0.15, 0.2) is 0 Å². The van der Waals surface area contributed by atoms with Crippen molar-refractivity contribution in [3.05, 3.63) is 40.3 Å². The Kier molecular flexibility index (Phi) is 5.46. The Morgan fingerprint density at radius 1 is 1.43 bits per heavy atom. The molecule has 2 amide bonds. The van der Waals surface area contributed by atoms with E-state index in [-0.39, 0.29) is 6.03 Å². The molecule has 0 aliphatic carbocycles. The summed E-state index contributed by atoms with van der Waals surface area (Å²) in [5, 5.41) is 8.48. The summed E-state index contributed by atoms with van der Waals surface area (Å²) in [7, 11) is -1.07. The minimum Gasteiger partial charge on any atom is -0.332 e. The fourth-order valence-electron chi connectivity index (χ4n) is 1.69. The molecule has 0 radical (unpaired) electrons. The highest BCUT2D eigenvalue weighted by Gasteiger charge is 2.05. The summed E-state index contributed by atoms with van der Waals surface area (Å²) >= 11 is 1.59. The summed E-state index contributed by atoms with van der Waals surface area (Å²) in [6.07, 6.45) is 2.50. The van der Waals surface area contributed by atoms with E-state index in [1.165, 1.54) is 0 Å². The number of aromatic nitrogens is 1. The van der Waals surface area contributed by atoms with Crippen LogP contribution in [-0.4, -0.2) is 21.5 Å². The highest BCUT2D eigenvalue weighted by atomic mass is 32.2. The van der Waals surface area contributed by atoms with Gasteiger partial charge in [-0.05, 0) is 24.6 Å². The number of urea groups is 1. The van der Waals surface area contributed by atoms with E-state index < -0.39 is 10.8 Å². The summed E-state index contributed by atoms with van der Waals surface area (Å²) < 4.78 is 11.4. The molecule has 0 fully saturated rings. The van der Waals surface area contributed by atoms with Crippen molar-refractivity contribution in [2.75, 3.05) is 11.6 Å². The first-order valence-electron chi connectivity index (χ1n) is 6.50. The van der Waals surface area contributed by atoms with E-state index in [1.54, 1.807) is 41.9 Å². The van der Waals surface area contributed by atoms with E-state index >= 15 is 0 Å². The summed E-state index contributed by atoms with van der Waals surface area (Å²) in [6, 6.07) is 6.68. The van der Waals surface area contributed by atoms with Crippen LogP contribution in [0.1, 0.15) is 17.6 Å². The number of aryl methyl sites for hydroxylation is 1. The Morgan fingerprint density at radius 2 is 2.24 bits per heavy atom. The number of rotatable bonds is 5. The Hall–Kier alpha value is -1.73. The van der Waals surface area contributed by atoms with Crippen molar-refractivity contribution in [1.82, 2.24) is 10.3 Å². The average molecular weight is 323 g/mol. The molecule has 0 aliphatic heterocycles. The van der Waals surface area contributed by atoms with Crippen LogP contribution in [-0.2, 0) is 23.8 Å². The van der Waals surface area contributed by atoms with E-state index in [0.29, 0.717) is 17.1 Å². The average Bonchev–Trinajstić information content (AvgIpc) is 2.93. The second-order valence-corrected chi connectivity index (χ2v) is 6.70. The highest BCUT2D eigenvalue weighted by molar-refractivity contribution is 7.84. The maximum atomic E-state index is 11.8. The van der Waals surface area contributed by atoms with Crippen LogP contribution in [0.5, 0.6) is 0 Å². The van der Waals surface area contributed by atoms with Crippen LogP contribution in [0.3, 0.4) is 0 Å². The number of nitrogens with zero attached hydrogens (tertiary/aromatic N) is 1. The number of anilines is 1. The lowest BCUT2D eigenvalue weighted by Crippen LogP contribution is -2.28. The molecule has 0 spiro atoms. The van der Waals surface area contributed by atoms with Crippen LogP contribution < -0.4 is 10.6 Å². The standard InChI is InChI=1S/C14H17N3O2S2/c1-3-13-16-11(9-20-13)8-15-14(18)17-10-5-4-6-12(7-10)21(2)19/h4-7,9H,3,8H2,1-2H3,(H2,15,17,18).